The molecule has 1 saturated heterocycles. The number of pyridine rings is 1. The Balaban J connectivity index is 1.26. The third-order valence-corrected chi connectivity index (χ3v) is 6.70. The van der Waals surface area contributed by atoms with Crippen molar-refractivity contribution in [3.63, 3.8) is 0 Å². The van der Waals surface area contributed by atoms with Crippen LogP contribution in [0.25, 0.3) is 10.9 Å². The molecule has 1 amide bonds. The highest BCUT2D eigenvalue weighted by Crippen LogP contribution is 2.36. The van der Waals surface area contributed by atoms with E-state index in [9.17, 15) is 10.1 Å². The Morgan fingerprint density at radius 3 is 2.77 bits per heavy atom. The van der Waals surface area contributed by atoms with E-state index in [4.69, 9.17) is 19.0 Å². The Hall–Kier alpha value is -3.87. The summed E-state index contributed by atoms with van der Waals surface area (Å²) >= 11 is 0. The molecule has 2 aromatic carbocycles. The van der Waals surface area contributed by atoms with Gasteiger partial charge in [0.2, 0.25) is 5.91 Å². The molecule has 1 aromatic heterocycles. The average molecular weight is 533 g/mol. The molecule has 9 nitrogen and oxygen atoms in total. The number of rotatable bonds is 13. The standard InChI is InChI=1S/C30H36N4O5/c1-34(26-19-22(21-31)32-25-12-7-6-11-24(25)26)23-15-16-27(36-2)28(20-23)37-17-9-4-3-5-13-29(35)33-39-30-14-8-10-18-38-30/h6-7,11-12,15-16,19-20,30H,3-5,8-10,13-14,17-18H2,1-2H3,(H,33,35). The van der Waals surface area contributed by atoms with E-state index in [2.05, 4.69) is 16.5 Å². The topological polar surface area (TPSA) is 106 Å². The maximum absolute atomic E-state index is 12.0. The Kier molecular flexibility index (Phi) is 10.3. The lowest BCUT2D eigenvalue weighted by Gasteiger charge is -2.23. The summed E-state index contributed by atoms with van der Waals surface area (Å²) in [7, 11) is 3.58. The van der Waals surface area contributed by atoms with E-state index in [0.29, 0.717) is 36.8 Å². The van der Waals surface area contributed by atoms with Gasteiger partial charge < -0.3 is 19.1 Å². The van der Waals surface area contributed by atoms with Crippen LogP contribution < -0.4 is 19.9 Å². The van der Waals surface area contributed by atoms with Crippen molar-refractivity contribution in [1.82, 2.24) is 10.5 Å². The second kappa shape index (κ2) is 14.3. The SMILES string of the molecule is COc1ccc(N(C)c2cc(C#N)nc3ccccc23)cc1OCCCCCCC(=O)NOC1CCCCO1. The van der Waals surface area contributed by atoms with Crippen LogP contribution in [0.2, 0.25) is 0 Å². The molecule has 1 aliphatic rings. The molecule has 1 aliphatic heterocycles. The number of para-hydroxylation sites is 1. The minimum Gasteiger partial charge on any atom is -0.493 e. The number of aromatic nitrogens is 1. The van der Waals surface area contributed by atoms with Crippen LogP contribution in [-0.4, -0.2) is 44.6 Å². The van der Waals surface area contributed by atoms with Crippen LogP contribution in [0.1, 0.15) is 57.1 Å². The fourth-order valence-corrected chi connectivity index (χ4v) is 4.53. The number of hydrogen-bond donors (Lipinski definition) is 1. The number of nitrogens with zero attached hydrogens (tertiary/aromatic N) is 3. The van der Waals surface area contributed by atoms with Crippen molar-refractivity contribution < 1.29 is 23.8 Å². The molecule has 1 N–H and O–H groups in total. The summed E-state index contributed by atoms with van der Waals surface area (Å²) < 4.78 is 17.1. The van der Waals surface area contributed by atoms with E-state index in [0.717, 1.165) is 67.2 Å². The summed E-state index contributed by atoms with van der Waals surface area (Å²) in [6, 6.07) is 17.5. The average Bonchev–Trinajstić information content (AvgIpc) is 2.99. The molecule has 4 rings (SSSR count). The van der Waals surface area contributed by atoms with E-state index in [1.165, 1.54) is 0 Å². The second-order valence-corrected chi connectivity index (χ2v) is 9.50. The number of amides is 1. The third kappa shape index (κ3) is 7.82. The summed E-state index contributed by atoms with van der Waals surface area (Å²) in [5.41, 5.74) is 5.42. The molecule has 3 aromatic rings. The van der Waals surface area contributed by atoms with Crippen molar-refractivity contribution in [3.05, 3.63) is 54.2 Å². The molecule has 206 valence electrons. The minimum absolute atomic E-state index is 0.116. The molecule has 2 heterocycles. The monoisotopic (exact) mass is 532 g/mol. The van der Waals surface area contributed by atoms with Crippen molar-refractivity contribution in [2.24, 2.45) is 0 Å². The van der Waals surface area contributed by atoms with E-state index < -0.39 is 0 Å². The van der Waals surface area contributed by atoms with Crippen LogP contribution in [0.15, 0.2) is 48.5 Å². The van der Waals surface area contributed by atoms with Crippen LogP contribution in [0.3, 0.4) is 0 Å². The zero-order valence-electron chi connectivity index (χ0n) is 22.7. The number of hydroxylamine groups is 1. The fourth-order valence-electron chi connectivity index (χ4n) is 4.53. The maximum atomic E-state index is 12.0. The molecule has 0 radical (unpaired) electrons. The van der Waals surface area contributed by atoms with Gasteiger partial charge in [-0.1, -0.05) is 31.0 Å². The van der Waals surface area contributed by atoms with Crippen molar-refractivity contribution in [2.75, 3.05) is 32.3 Å². The van der Waals surface area contributed by atoms with Gasteiger partial charge in [0.25, 0.3) is 0 Å². The fraction of sp³-hybridized carbons (Fsp3) is 0.433. The van der Waals surface area contributed by atoms with Crippen molar-refractivity contribution in [2.45, 2.75) is 57.7 Å². The first kappa shape index (κ1) is 28.1. The summed E-state index contributed by atoms with van der Waals surface area (Å²) in [4.78, 5) is 23.7. The second-order valence-electron chi connectivity index (χ2n) is 9.50. The van der Waals surface area contributed by atoms with Crippen LogP contribution in [0, 0.1) is 11.3 Å². The Morgan fingerprint density at radius 1 is 1.13 bits per heavy atom. The van der Waals surface area contributed by atoms with Gasteiger partial charge in [0.05, 0.1) is 24.9 Å². The lowest BCUT2D eigenvalue weighted by atomic mass is 10.1. The van der Waals surface area contributed by atoms with Gasteiger partial charge in [-0.15, -0.1) is 0 Å². The molecule has 9 heteroatoms. The third-order valence-electron chi connectivity index (χ3n) is 6.70. The van der Waals surface area contributed by atoms with E-state index in [-0.39, 0.29) is 12.2 Å². The number of anilines is 2. The lowest BCUT2D eigenvalue weighted by molar-refractivity contribution is -0.200. The molecule has 0 aliphatic carbocycles. The lowest BCUT2D eigenvalue weighted by Crippen LogP contribution is -2.32. The number of unbranched alkanes of at least 4 members (excludes halogenated alkanes) is 3. The first-order chi connectivity index (χ1) is 19.1. The largest absolute Gasteiger partial charge is 0.493 e. The zero-order chi connectivity index (χ0) is 27.5. The number of ether oxygens (including phenoxy) is 3. The Morgan fingerprint density at radius 2 is 1.97 bits per heavy atom. The number of fused-ring (bicyclic) bond motifs is 1. The smallest absolute Gasteiger partial charge is 0.243 e. The summed E-state index contributed by atoms with van der Waals surface area (Å²) in [6.45, 7) is 1.22. The van der Waals surface area contributed by atoms with Crippen LogP contribution >= 0.6 is 0 Å². The predicted molar refractivity (Wildman–Crippen MR) is 149 cm³/mol. The van der Waals surface area contributed by atoms with E-state index in [1.54, 1.807) is 13.2 Å². The van der Waals surface area contributed by atoms with Gasteiger partial charge in [0.1, 0.15) is 11.8 Å². The van der Waals surface area contributed by atoms with Gasteiger partial charge in [0, 0.05) is 43.6 Å². The highest BCUT2D eigenvalue weighted by molar-refractivity contribution is 5.94. The number of methoxy groups -OCH3 is 1. The number of carbonyl (C=O) groups excluding carboxylic acids is 1. The Labute approximate surface area is 229 Å². The molecular weight excluding hydrogens is 496 g/mol. The number of nitrogens with one attached hydrogen (secondary N) is 1. The van der Waals surface area contributed by atoms with Crippen LogP contribution in [0.4, 0.5) is 11.4 Å². The van der Waals surface area contributed by atoms with Gasteiger partial charge in [-0.05, 0) is 49.9 Å². The van der Waals surface area contributed by atoms with Gasteiger partial charge in [-0.25, -0.2) is 15.3 Å². The van der Waals surface area contributed by atoms with E-state index in [1.807, 2.05) is 54.4 Å². The first-order valence-electron chi connectivity index (χ1n) is 13.5. The summed E-state index contributed by atoms with van der Waals surface area (Å²) in [6.07, 6.45) is 6.52. The van der Waals surface area contributed by atoms with Crippen molar-refractivity contribution >= 4 is 28.2 Å². The normalized spacial score (nSPS) is 14.9. The molecular formula is C30H36N4O5. The van der Waals surface area contributed by atoms with Crippen molar-refractivity contribution in [1.29, 1.82) is 5.26 Å². The van der Waals surface area contributed by atoms with Crippen molar-refractivity contribution in [3.8, 4) is 17.6 Å². The molecule has 39 heavy (non-hydrogen) atoms. The predicted octanol–water partition coefficient (Wildman–Crippen LogP) is 5.79. The maximum Gasteiger partial charge on any atom is 0.243 e. The number of carbonyl (C=O) groups is 1. The molecule has 1 fully saturated rings. The Bertz CT molecular complexity index is 1290. The zero-order valence-corrected chi connectivity index (χ0v) is 22.7. The molecule has 0 spiro atoms. The summed E-state index contributed by atoms with van der Waals surface area (Å²) in [5.74, 6) is 1.19. The minimum atomic E-state index is -0.325. The highest BCUT2D eigenvalue weighted by Gasteiger charge is 2.16. The van der Waals surface area contributed by atoms with Gasteiger partial charge in [-0.2, -0.15) is 5.26 Å². The van der Waals surface area contributed by atoms with Crippen LogP contribution in [-0.2, 0) is 14.4 Å². The van der Waals surface area contributed by atoms with Crippen LogP contribution in [0.5, 0.6) is 11.5 Å². The van der Waals surface area contributed by atoms with Gasteiger partial charge in [-0.3, -0.25) is 4.79 Å². The van der Waals surface area contributed by atoms with Gasteiger partial charge in [0.15, 0.2) is 17.8 Å². The number of hydrogen-bond acceptors (Lipinski definition) is 8. The molecule has 0 bridgehead atoms. The molecule has 1 atom stereocenters. The first-order valence-corrected chi connectivity index (χ1v) is 13.5. The van der Waals surface area contributed by atoms with E-state index >= 15 is 0 Å². The quantitative estimate of drug-likeness (QED) is 0.218. The summed E-state index contributed by atoms with van der Waals surface area (Å²) in [5, 5.41) is 10.4. The van der Waals surface area contributed by atoms with Gasteiger partial charge >= 0.3 is 0 Å². The molecule has 1 unspecified atom stereocenters. The molecule has 0 saturated carbocycles. The number of nitriles is 1. The highest BCUT2D eigenvalue weighted by atomic mass is 16.8. The number of benzene rings is 2.